The quantitative estimate of drug-likeness (QED) is 0.861. The zero-order chi connectivity index (χ0) is 13.1. The van der Waals surface area contributed by atoms with E-state index in [4.69, 9.17) is 16.7 Å². The summed E-state index contributed by atoms with van der Waals surface area (Å²) in [4.78, 5) is 22.6. The number of aromatic nitrogens is 5. The smallest absolute Gasteiger partial charge is 0.405 e. The van der Waals surface area contributed by atoms with Crippen LogP contribution in [0.3, 0.4) is 0 Å². The van der Waals surface area contributed by atoms with E-state index < -0.39 is 12.1 Å². The molecule has 9 heteroatoms. The maximum absolute atomic E-state index is 10.6. The van der Waals surface area contributed by atoms with Crippen LogP contribution in [0, 0.1) is 0 Å². The van der Waals surface area contributed by atoms with Gasteiger partial charge in [0.05, 0.1) is 6.04 Å². The minimum absolute atomic E-state index is 0.00325. The molecule has 0 aromatic carbocycles. The Balaban J connectivity index is 2.40. The second kappa shape index (κ2) is 4.96. The fraction of sp³-hybridized carbons (Fsp3) is 0.222. The van der Waals surface area contributed by atoms with Crippen LogP contribution in [0.15, 0.2) is 18.5 Å². The van der Waals surface area contributed by atoms with Gasteiger partial charge in [-0.1, -0.05) is 0 Å². The maximum atomic E-state index is 10.6. The third-order valence-electron chi connectivity index (χ3n) is 2.08. The normalized spacial score (nSPS) is 12.1. The lowest BCUT2D eigenvalue weighted by molar-refractivity contribution is 0.190. The van der Waals surface area contributed by atoms with Crippen LogP contribution in [-0.2, 0) is 0 Å². The lowest BCUT2D eigenvalue weighted by atomic mass is 10.3. The standard InChI is InChI=1S/C9H9ClN6O2/c1-5(13-9(17)18)6-14-7(10)15-16(6)8-11-3-2-4-12-8/h2-5,13H,1H3,(H,17,18). The number of rotatable bonds is 3. The number of nitrogens with one attached hydrogen (secondary N) is 1. The van der Waals surface area contributed by atoms with Crippen molar-refractivity contribution < 1.29 is 9.90 Å². The summed E-state index contributed by atoms with van der Waals surface area (Å²) in [6.45, 7) is 1.62. The first-order chi connectivity index (χ1) is 8.58. The van der Waals surface area contributed by atoms with Crippen LogP contribution in [-0.4, -0.2) is 35.9 Å². The van der Waals surface area contributed by atoms with Gasteiger partial charge in [0.25, 0.3) is 5.95 Å². The van der Waals surface area contributed by atoms with Crippen molar-refractivity contribution in [2.75, 3.05) is 0 Å². The lowest BCUT2D eigenvalue weighted by Crippen LogP contribution is -2.27. The number of hydrogen-bond donors (Lipinski definition) is 2. The summed E-state index contributed by atoms with van der Waals surface area (Å²) in [6, 6.07) is 1.06. The molecule has 8 nitrogen and oxygen atoms in total. The molecule has 2 aromatic heterocycles. The van der Waals surface area contributed by atoms with Crippen molar-refractivity contribution in [3.63, 3.8) is 0 Å². The Hall–Kier alpha value is -2.22. The van der Waals surface area contributed by atoms with Gasteiger partial charge in [-0.05, 0) is 24.6 Å². The van der Waals surface area contributed by atoms with E-state index in [-0.39, 0.29) is 11.2 Å². The fourth-order valence-corrected chi connectivity index (χ4v) is 1.54. The number of amides is 1. The van der Waals surface area contributed by atoms with Gasteiger partial charge in [-0.15, -0.1) is 5.10 Å². The summed E-state index contributed by atoms with van der Waals surface area (Å²) >= 11 is 5.72. The third-order valence-corrected chi connectivity index (χ3v) is 2.24. The van der Waals surface area contributed by atoms with Gasteiger partial charge < -0.3 is 10.4 Å². The van der Waals surface area contributed by atoms with E-state index in [9.17, 15) is 4.79 Å². The molecule has 1 atom stereocenters. The zero-order valence-corrected chi connectivity index (χ0v) is 10.0. The SMILES string of the molecule is CC(NC(=O)O)c1nc(Cl)nn1-c1ncccn1. The van der Waals surface area contributed by atoms with Crippen molar-refractivity contribution in [1.82, 2.24) is 30.0 Å². The molecule has 94 valence electrons. The summed E-state index contributed by atoms with van der Waals surface area (Å²) in [7, 11) is 0. The molecule has 2 aromatic rings. The Bertz CT molecular complexity index is 557. The van der Waals surface area contributed by atoms with Crippen LogP contribution >= 0.6 is 11.6 Å². The van der Waals surface area contributed by atoms with E-state index in [0.29, 0.717) is 5.82 Å². The molecule has 1 amide bonds. The van der Waals surface area contributed by atoms with Gasteiger partial charge in [0.1, 0.15) is 0 Å². The molecule has 0 aliphatic carbocycles. The Morgan fingerprint density at radius 3 is 2.78 bits per heavy atom. The van der Waals surface area contributed by atoms with Crippen LogP contribution in [0.5, 0.6) is 0 Å². The van der Waals surface area contributed by atoms with Crippen molar-refractivity contribution in [1.29, 1.82) is 0 Å². The van der Waals surface area contributed by atoms with Gasteiger partial charge in [0.2, 0.25) is 5.28 Å². The van der Waals surface area contributed by atoms with E-state index in [1.165, 1.54) is 17.1 Å². The van der Waals surface area contributed by atoms with Crippen LogP contribution in [0.4, 0.5) is 4.79 Å². The monoisotopic (exact) mass is 268 g/mol. The van der Waals surface area contributed by atoms with E-state index in [1.807, 2.05) is 0 Å². The van der Waals surface area contributed by atoms with E-state index in [1.54, 1.807) is 13.0 Å². The summed E-state index contributed by atoms with van der Waals surface area (Å²) in [5.41, 5.74) is 0. The molecule has 0 radical (unpaired) electrons. The fourth-order valence-electron chi connectivity index (χ4n) is 1.38. The van der Waals surface area contributed by atoms with Crippen LogP contribution in [0.25, 0.3) is 5.95 Å². The van der Waals surface area contributed by atoms with Crippen molar-refractivity contribution >= 4 is 17.7 Å². The zero-order valence-electron chi connectivity index (χ0n) is 9.28. The van der Waals surface area contributed by atoms with Crippen molar-refractivity contribution in [3.8, 4) is 5.95 Å². The average molecular weight is 269 g/mol. The first-order valence-electron chi connectivity index (χ1n) is 4.97. The Labute approximate surface area is 107 Å². The van der Waals surface area contributed by atoms with Crippen molar-refractivity contribution in [2.45, 2.75) is 13.0 Å². The van der Waals surface area contributed by atoms with E-state index in [0.717, 1.165) is 0 Å². The Morgan fingerprint density at radius 1 is 1.50 bits per heavy atom. The molecule has 18 heavy (non-hydrogen) atoms. The minimum atomic E-state index is -1.16. The topological polar surface area (TPSA) is 106 Å². The third kappa shape index (κ3) is 2.54. The highest BCUT2D eigenvalue weighted by Gasteiger charge is 2.19. The van der Waals surface area contributed by atoms with Gasteiger partial charge in [0.15, 0.2) is 5.82 Å². The Morgan fingerprint density at radius 2 is 2.17 bits per heavy atom. The molecule has 2 rings (SSSR count). The van der Waals surface area contributed by atoms with Gasteiger partial charge in [-0.3, -0.25) is 0 Å². The molecule has 0 fully saturated rings. The molecule has 0 aliphatic heterocycles. The molecular weight excluding hydrogens is 260 g/mol. The average Bonchev–Trinajstić information content (AvgIpc) is 2.72. The first-order valence-corrected chi connectivity index (χ1v) is 5.35. The second-order valence-electron chi connectivity index (χ2n) is 3.37. The summed E-state index contributed by atoms with van der Waals surface area (Å²) in [6.07, 6.45) is 1.91. The molecule has 0 aliphatic rings. The highest BCUT2D eigenvalue weighted by atomic mass is 35.5. The highest BCUT2D eigenvalue weighted by molar-refractivity contribution is 6.28. The summed E-state index contributed by atoms with van der Waals surface area (Å²) < 4.78 is 1.29. The predicted octanol–water partition coefficient (Wildman–Crippen LogP) is 1.04. The number of nitrogens with zero attached hydrogens (tertiary/aromatic N) is 5. The van der Waals surface area contributed by atoms with E-state index in [2.05, 4.69) is 25.4 Å². The van der Waals surface area contributed by atoms with Crippen molar-refractivity contribution in [3.05, 3.63) is 29.6 Å². The molecule has 0 saturated carbocycles. The number of carbonyl (C=O) groups is 1. The number of halogens is 1. The van der Waals surface area contributed by atoms with E-state index >= 15 is 0 Å². The van der Waals surface area contributed by atoms with Gasteiger partial charge in [0, 0.05) is 12.4 Å². The number of carboxylic acid groups (broad SMARTS) is 1. The maximum Gasteiger partial charge on any atom is 0.405 e. The molecule has 0 spiro atoms. The molecule has 0 bridgehead atoms. The molecular formula is C9H9ClN6O2. The van der Waals surface area contributed by atoms with Crippen molar-refractivity contribution in [2.24, 2.45) is 0 Å². The lowest BCUT2D eigenvalue weighted by Gasteiger charge is -2.10. The highest BCUT2D eigenvalue weighted by Crippen LogP contribution is 2.15. The Kier molecular flexibility index (Phi) is 3.38. The van der Waals surface area contributed by atoms with Crippen LogP contribution in [0.1, 0.15) is 18.8 Å². The molecule has 2 heterocycles. The van der Waals surface area contributed by atoms with Crippen LogP contribution < -0.4 is 5.32 Å². The van der Waals surface area contributed by atoms with Gasteiger partial charge in [-0.2, -0.15) is 9.67 Å². The number of hydrogen-bond acceptors (Lipinski definition) is 5. The largest absolute Gasteiger partial charge is 0.465 e. The van der Waals surface area contributed by atoms with Gasteiger partial charge in [-0.25, -0.2) is 14.8 Å². The predicted molar refractivity (Wildman–Crippen MR) is 61.5 cm³/mol. The summed E-state index contributed by atoms with van der Waals surface area (Å²) in [5.74, 6) is 0.583. The van der Waals surface area contributed by atoms with Crippen LogP contribution in [0.2, 0.25) is 5.28 Å². The molecule has 0 saturated heterocycles. The molecule has 2 N–H and O–H groups in total. The minimum Gasteiger partial charge on any atom is -0.465 e. The second-order valence-corrected chi connectivity index (χ2v) is 3.71. The molecule has 1 unspecified atom stereocenters. The first kappa shape index (κ1) is 12.2. The van der Waals surface area contributed by atoms with Gasteiger partial charge >= 0.3 is 6.09 Å². The summed E-state index contributed by atoms with van der Waals surface area (Å²) in [5, 5.41) is 14.9.